The number of aromatic nitrogens is 1. The van der Waals surface area contributed by atoms with Crippen molar-refractivity contribution in [1.82, 2.24) is 10.3 Å². The van der Waals surface area contributed by atoms with E-state index in [0.29, 0.717) is 17.1 Å². The van der Waals surface area contributed by atoms with E-state index in [-0.39, 0.29) is 6.61 Å². The zero-order chi connectivity index (χ0) is 17.7. The number of amides is 1. The molecule has 128 valence electrons. The van der Waals surface area contributed by atoms with E-state index < -0.39 is 17.7 Å². The lowest BCUT2D eigenvalue weighted by Crippen LogP contribution is -2.36. The SMILES string of the molecule is CC(C)(C)OC(=O)NC(CO)c1ccc(N)c(-c2ccccc2)n1. The zero-order valence-electron chi connectivity index (χ0n) is 14.1. The highest BCUT2D eigenvalue weighted by Crippen LogP contribution is 2.25. The van der Waals surface area contributed by atoms with Crippen molar-refractivity contribution in [2.75, 3.05) is 12.3 Å². The van der Waals surface area contributed by atoms with E-state index in [2.05, 4.69) is 10.3 Å². The molecule has 1 atom stereocenters. The summed E-state index contributed by atoms with van der Waals surface area (Å²) in [6.07, 6.45) is -0.610. The molecule has 2 rings (SSSR count). The number of pyridine rings is 1. The molecular weight excluding hydrogens is 306 g/mol. The van der Waals surface area contributed by atoms with Gasteiger partial charge < -0.3 is 20.9 Å². The number of carbonyl (C=O) groups excluding carboxylic acids is 1. The van der Waals surface area contributed by atoms with E-state index in [1.54, 1.807) is 32.9 Å². The number of carbonyl (C=O) groups is 1. The highest BCUT2D eigenvalue weighted by atomic mass is 16.6. The fraction of sp³-hybridized carbons (Fsp3) is 0.333. The number of nitrogens with one attached hydrogen (secondary N) is 1. The van der Waals surface area contributed by atoms with Gasteiger partial charge in [-0.2, -0.15) is 0 Å². The summed E-state index contributed by atoms with van der Waals surface area (Å²) < 4.78 is 5.22. The number of nitrogens with two attached hydrogens (primary N) is 1. The van der Waals surface area contributed by atoms with Crippen LogP contribution in [0.25, 0.3) is 11.3 Å². The van der Waals surface area contributed by atoms with Crippen molar-refractivity contribution in [1.29, 1.82) is 0 Å². The minimum absolute atomic E-state index is 0.301. The third-order valence-corrected chi connectivity index (χ3v) is 3.23. The van der Waals surface area contributed by atoms with Crippen molar-refractivity contribution < 1.29 is 14.6 Å². The Hall–Kier alpha value is -2.60. The van der Waals surface area contributed by atoms with Gasteiger partial charge in [0.25, 0.3) is 0 Å². The Labute approximate surface area is 141 Å². The quantitative estimate of drug-likeness (QED) is 0.801. The molecule has 2 aromatic rings. The summed E-state index contributed by atoms with van der Waals surface area (Å²) in [6.45, 7) is 5.02. The summed E-state index contributed by atoms with van der Waals surface area (Å²) in [5.41, 5.74) is 7.91. The first-order chi connectivity index (χ1) is 11.3. The van der Waals surface area contributed by atoms with Crippen molar-refractivity contribution in [3.63, 3.8) is 0 Å². The molecule has 0 bridgehead atoms. The van der Waals surface area contributed by atoms with Gasteiger partial charge >= 0.3 is 6.09 Å². The van der Waals surface area contributed by atoms with E-state index in [0.717, 1.165) is 5.56 Å². The van der Waals surface area contributed by atoms with Gasteiger partial charge in [-0.3, -0.25) is 0 Å². The molecule has 0 radical (unpaired) electrons. The molecule has 1 heterocycles. The molecule has 1 aromatic heterocycles. The van der Waals surface area contributed by atoms with E-state index in [9.17, 15) is 9.90 Å². The van der Waals surface area contributed by atoms with E-state index in [4.69, 9.17) is 10.5 Å². The van der Waals surface area contributed by atoms with Crippen molar-refractivity contribution in [2.24, 2.45) is 0 Å². The van der Waals surface area contributed by atoms with Crippen LogP contribution in [0.1, 0.15) is 32.5 Å². The minimum atomic E-state index is -0.678. The van der Waals surface area contributed by atoms with Gasteiger partial charge in [0, 0.05) is 5.56 Å². The fourth-order valence-corrected chi connectivity index (χ4v) is 2.17. The second-order valence-electron chi connectivity index (χ2n) is 6.42. The molecule has 6 heteroatoms. The number of anilines is 1. The third-order valence-electron chi connectivity index (χ3n) is 3.23. The van der Waals surface area contributed by atoms with Crippen molar-refractivity contribution in [3.8, 4) is 11.3 Å². The first-order valence-corrected chi connectivity index (χ1v) is 7.72. The van der Waals surface area contributed by atoms with Crippen LogP contribution in [0, 0.1) is 0 Å². The molecule has 0 aliphatic carbocycles. The fourth-order valence-electron chi connectivity index (χ4n) is 2.17. The lowest BCUT2D eigenvalue weighted by molar-refractivity contribution is 0.0480. The molecule has 6 nitrogen and oxygen atoms in total. The predicted octanol–water partition coefficient (Wildman–Crippen LogP) is 2.89. The number of alkyl carbamates (subject to hydrolysis) is 1. The number of aliphatic hydroxyl groups is 1. The Morgan fingerprint density at radius 1 is 1.25 bits per heavy atom. The maximum absolute atomic E-state index is 11.9. The first kappa shape index (κ1) is 17.7. The van der Waals surface area contributed by atoms with E-state index >= 15 is 0 Å². The van der Waals surface area contributed by atoms with Crippen molar-refractivity contribution >= 4 is 11.8 Å². The average Bonchev–Trinajstić information content (AvgIpc) is 2.52. The van der Waals surface area contributed by atoms with Crippen molar-refractivity contribution in [2.45, 2.75) is 32.4 Å². The molecular formula is C18H23N3O3. The number of benzene rings is 1. The van der Waals surface area contributed by atoms with Crippen LogP contribution in [-0.2, 0) is 4.74 Å². The second kappa shape index (κ2) is 7.31. The van der Waals surface area contributed by atoms with Crippen LogP contribution >= 0.6 is 0 Å². The summed E-state index contributed by atoms with van der Waals surface area (Å²) in [4.78, 5) is 16.4. The number of nitrogens with zero attached hydrogens (tertiary/aromatic N) is 1. The van der Waals surface area contributed by atoms with Gasteiger partial charge in [-0.15, -0.1) is 0 Å². The van der Waals surface area contributed by atoms with E-state index in [1.807, 2.05) is 30.3 Å². The lowest BCUT2D eigenvalue weighted by atomic mass is 10.1. The summed E-state index contributed by atoms with van der Waals surface area (Å²) in [5.74, 6) is 0. The third kappa shape index (κ3) is 4.70. The summed E-state index contributed by atoms with van der Waals surface area (Å²) >= 11 is 0. The normalized spacial score (nSPS) is 12.5. The largest absolute Gasteiger partial charge is 0.444 e. The number of rotatable bonds is 4. The average molecular weight is 329 g/mol. The molecule has 0 spiro atoms. The molecule has 0 saturated heterocycles. The number of hydrogen-bond donors (Lipinski definition) is 3. The number of ether oxygens (including phenoxy) is 1. The van der Waals surface area contributed by atoms with Gasteiger partial charge in [0.1, 0.15) is 5.60 Å². The zero-order valence-corrected chi connectivity index (χ0v) is 14.1. The Bertz CT molecular complexity index is 696. The first-order valence-electron chi connectivity index (χ1n) is 7.72. The number of nitrogen functional groups attached to an aromatic ring is 1. The van der Waals surface area contributed by atoms with Gasteiger partial charge in [0.2, 0.25) is 0 Å². The van der Waals surface area contributed by atoms with Crippen LogP contribution in [0.4, 0.5) is 10.5 Å². The minimum Gasteiger partial charge on any atom is -0.444 e. The van der Waals surface area contributed by atoms with Crippen LogP contribution in [0.3, 0.4) is 0 Å². The molecule has 1 unspecified atom stereocenters. The van der Waals surface area contributed by atoms with Gasteiger partial charge in [-0.1, -0.05) is 30.3 Å². The Balaban J connectivity index is 2.25. The topological polar surface area (TPSA) is 97.5 Å². The molecule has 1 aromatic carbocycles. The summed E-state index contributed by atoms with van der Waals surface area (Å²) in [7, 11) is 0. The molecule has 1 amide bonds. The molecule has 24 heavy (non-hydrogen) atoms. The second-order valence-corrected chi connectivity index (χ2v) is 6.42. The molecule has 0 aliphatic heterocycles. The molecule has 4 N–H and O–H groups in total. The lowest BCUT2D eigenvalue weighted by Gasteiger charge is -2.23. The van der Waals surface area contributed by atoms with Crippen LogP contribution in [-0.4, -0.2) is 28.4 Å². The Morgan fingerprint density at radius 3 is 2.50 bits per heavy atom. The predicted molar refractivity (Wildman–Crippen MR) is 93.3 cm³/mol. The van der Waals surface area contributed by atoms with Crippen LogP contribution in [0.15, 0.2) is 42.5 Å². The number of hydrogen-bond acceptors (Lipinski definition) is 5. The van der Waals surface area contributed by atoms with Crippen molar-refractivity contribution in [3.05, 3.63) is 48.2 Å². The standard InChI is InChI=1S/C18H23N3O3/c1-18(2,3)24-17(23)21-15(11-22)14-10-9-13(19)16(20-14)12-7-5-4-6-8-12/h4-10,15,22H,11,19H2,1-3H3,(H,21,23). The molecule has 0 fully saturated rings. The smallest absolute Gasteiger partial charge is 0.408 e. The van der Waals surface area contributed by atoms with Gasteiger partial charge in [-0.05, 0) is 32.9 Å². The summed E-state index contributed by atoms with van der Waals surface area (Å²) in [5, 5.41) is 12.2. The maximum atomic E-state index is 11.9. The Morgan fingerprint density at radius 2 is 1.92 bits per heavy atom. The van der Waals surface area contributed by atoms with Gasteiger partial charge in [-0.25, -0.2) is 9.78 Å². The molecule has 0 aliphatic rings. The number of aliphatic hydroxyl groups excluding tert-OH is 1. The summed E-state index contributed by atoms with van der Waals surface area (Å²) in [6, 6.07) is 12.2. The monoisotopic (exact) mass is 329 g/mol. The van der Waals surface area contributed by atoms with Crippen LogP contribution in [0.5, 0.6) is 0 Å². The van der Waals surface area contributed by atoms with Gasteiger partial charge in [0.05, 0.1) is 29.7 Å². The Kier molecular flexibility index (Phi) is 5.41. The van der Waals surface area contributed by atoms with Crippen LogP contribution < -0.4 is 11.1 Å². The highest BCUT2D eigenvalue weighted by Gasteiger charge is 2.21. The maximum Gasteiger partial charge on any atom is 0.408 e. The molecule has 0 saturated carbocycles. The highest BCUT2D eigenvalue weighted by molar-refractivity contribution is 5.73. The van der Waals surface area contributed by atoms with E-state index in [1.165, 1.54) is 0 Å². The van der Waals surface area contributed by atoms with Crippen LogP contribution in [0.2, 0.25) is 0 Å². The van der Waals surface area contributed by atoms with Gasteiger partial charge in [0.15, 0.2) is 0 Å².